The monoisotopic (exact) mass is 555 g/mol. The van der Waals surface area contributed by atoms with Gasteiger partial charge in [-0.05, 0) is 74.7 Å². The molecule has 3 aromatic rings. The number of aryl methyl sites for hydroxylation is 1. The second kappa shape index (κ2) is 12.9. The van der Waals surface area contributed by atoms with Crippen molar-refractivity contribution in [3.8, 4) is 0 Å². The van der Waals surface area contributed by atoms with Crippen LogP contribution >= 0.6 is 11.6 Å². The van der Waals surface area contributed by atoms with Crippen LogP contribution < -0.4 is 9.62 Å². The molecule has 0 bridgehead atoms. The highest BCUT2D eigenvalue weighted by Crippen LogP contribution is 2.26. The van der Waals surface area contributed by atoms with Gasteiger partial charge in [0.1, 0.15) is 12.6 Å². The van der Waals surface area contributed by atoms with Crippen LogP contribution in [0.15, 0.2) is 83.8 Å². The van der Waals surface area contributed by atoms with Crippen LogP contribution in [0.3, 0.4) is 0 Å². The van der Waals surface area contributed by atoms with Gasteiger partial charge in [0.05, 0.1) is 10.6 Å². The van der Waals surface area contributed by atoms with Gasteiger partial charge in [0.25, 0.3) is 10.0 Å². The topological polar surface area (TPSA) is 86.8 Å². The van der Waals surface area contributed by atoms with Crippen LogP contribution in [0.5, 0.6) is 0 Å². The first-order valence-corrected chi connectivity index (χ1v) is 14.3. The van der Waals surface area contributed by atoms with Crippen molar-refractivity contribution in [1.82, 2.24) is 10.2 Å². The predicted octanol–water partition coefficient (Wildman–Crippen LogP) is 5.18. The Labute approximate surface area is 230 Å². The Balaban J connectivity index is 2.02. The van der Waals surface area contributed by atoms with Crippen LogP contribution in [0, 0.1) is 6.92 Å². The number of halogens is 1. The lowest BCUT2D eigenvalue weighted by Crippen LogP contribution is -2.52. The largest absolute Gasteiger partial charge is 0.352 e. The van der Waals surface area contributed by atoms with E-state index < -0.39 is 28.5 Å². The Morgan fingerprint density at radius 2 is 1.53 bits per heavy atom. The number of amides is 2. The first-order chi connectivity index (χ1) is 18.0. The first kappa shape index (κ1) is 29.2. The van der Waals surface area contributed by atoms with Crippen molar-refractivity contribution >= 4 is 39.1 Å². The summed E-state index contributed by atoms with van der Waals surface area (Å²) in [5.74, 6) is -0.806. The van der Waals surface area contributed by atoms with Gasteiger partial charge in [0.2, 0.25) is 11.8 Å². The number of hydrogen-bond donors (Lipinski definition) is 1. The van der Waals surface area contributed by atoms with E-state index in [4.69, 9.17) is 11.6 Å². The lowest BCUT2D eigenvalue weighted by atomic mass is 10.1. The number of anilines is 1. The maximum atomic E-state index is 13.9. The van der Waals surface area contributed by atoms with Gasteiger partial charge in [-0.25, -0.2) is 8.42 Å². The van der Waals surface area contributed by atoms with Crippen molar-refractivity contribution < 1.29 is 18.0 Å². The van der Waals surface area contributed by atoms with Crippen LogP contribution in [0.25, 0.3) is 0 Å². The highest BCUT2D eigenvalue weighted by Gasteiger charge is 2.32. The summed E-state index contributed by atoms with van der Waals surface area (Å²) in [4.78, 5) is 28.5. The number of nitrogens with zero attached hydrogens (tertiary/aromatic N) is 2. The molecule has 3 rings (SSSR count). The molecule has 2 atom stereocenters. The third kappa shape index (κ3) is 7.14. The lowest BCUT2D eigenvalue weighted by Gasteiger charge is -2.32. The molecule has 7 nitrogen and oxygen atoms in total. The molecule has 0 aliphatic rings. The maximum Gasteiger partial charge on any atom is 0.264 e. The van der Waals surface area contributed by atoms with E-state index in [0.717, 1.165) is 21.9 Å². The standard InChI is InChI=1S/C29H34ClN3O4S/c1-5-22(3)31-29(35)23(4)32(19-24-12-10-9-11-21(24)2)28(34)20-33(26-17-15-25(30)16-18-26)38(36,37)27-13-7-6-8-14-27/h6-18,22-23H,5,19-20H2,1-4H3,(H,31,35)/t22-,23+/m0/s1. The number of carbonyl (C=O) groups excluding carboxylic acids is 2. The van der Waals surface area contributed by atoms with E-state index in [-0.39, 0.29) is 23.4 Å². The average molecular weight is 556 g/mol. The van der Waals surface area contributed by atoms with Crippen molar-refractivity contribution in [1.29, 1.82) is 0 Å². The fourth-order valence-corrected chi connectivity index (χ4v) is 5.44. The summed E-state index contributed by atoms with van der Waals surface area (Å²) in [5, 5.41) is 3.37. The van der Waals surface area contributed by atoms with Crippen molar-refractivity contribution in [2.24, 2.45) is 0 Å². The average Bonchev–Trinajstić information content (AvgIpc) is 2.91. The number of hydrogen-bond acceptors (Lipinski definition) is 4. The molecule has 0 aliphatic carbocycles. The summed E-state index contributed by atoms with van der Waals surface area (Å²) in [6, 6.07) is 20.9. The molecule has 0 radical (unpaired) electrons. The Kier molecular flexibility index (Phi) is 9.94. The molecule has 0 aliphatic heterocycles. The molecule has 0 spiro atoms. The van der Waals surface area contributed by atoms with E-state index in [1.807, 2.05) is 45.0 Å². The minimum atomic E-state index is -4.10. The summed E-state index contributed by atoms with van der Waals surface area (Å²) < 4.78 is 28.5. The molecule has 0 aromatic heterocycles. The Morgan fingerprint density at radius 1 is 0.921 bits per heavy atom. The fourth-order valence-electron chi connectivity index (χ4n) is 3.87. The van der Waals surface area contributed by atoms with Gasteiger partial charge in [0, 0.05) is 17.6 Å². The van der Waals surface area contributed by atoms with Gasteiger partial charge in [-0.1, -0.05) is 61.0 Å². The molecule has 9 heteroatoms. The summed E-state index contributed by atoms with van der Waals surface area (Å²) in [7, 11) is -4.10. The summed E-state index contributed by atoms with van der Waals surface area (Å²) in [5.41, 5.74) is 2.12. The lowest BCUT2D eigenvalue weighted by molar-refractivity contribution is -0.139. The third-order valence-electron chi connectivity index (χ3n) is 6.49. The molecule has 0 unspecified atom stereocenters. The van der Waals surface area contributed by atoms with Gasteiger partial charge in [0.15, 0.2) is 0 Å². The normalized spacial score (nSPS) is 12.9. The van der Waals surface area contributed by atoms with Crippen molar-refractivity contribution in [2.45, 2.75) is 57.6 Å². The molecule has 0 heterocycles. The molecular formula is C29H34ClN3O4S. The zero-order valence-electron chi connectivity index (χ0n) is 22.1. The highest BCUT2D eigenvalue weighted by molar-refractivity contribution is 7.92. The Morgan fingerprint density at radius 3 is 2.13 bits per heavy atom. The van der Waals surface area contributed by atoms with E-state index in [1.165, 1.54) is 17.0 Å². The zero-order chi connectivity index (χ0) is 27.9. The Hall–Kier alpha value is -3.36. The van der Waals surface area contributed by atoms with E-state index in [2.05, 4.69) is 5.32 Å². The van der Waals surface area contributed by atoms with E-state index >= 15 is 0 Å². The number of sulfonamides is 1. The Bertz CT molecular complexity index is 1350. The van der Waals surface area contributed by atoms with Crippen LogP contribution in [-0.4, -0.2) is 43.8 Å². The zero-order valence-corrected chi connectivity index (χ0v) is 23.7. The summed E-state index contributed by atoms with van der Waals surface area (Å²) in [6.45, 7) is 7.11. The van der Waals surface area contributed by atoms with Gasteiger partial charge in [-0.2, -0.15) is 0 Å². The first-order valence-electron chi connectivity index (χ1n) is 12.5. The molecule has 0 saturated heterocycles. The molecular weight excluding hydrogens is 522 g/mol. The fraction of sp³-hybridized carbons (Fsp3) is 0.310. The van der Waals surface area contributed by atoms with Crippen molar-refractivity contribution in [2.75, 3.05) is 10.8 Å². The van der Waals surface area contributed by atoms with Gasteiger partial charge in [-0.15, -0.1) is 0 Å². The van der Waals surface area contributed by atoms with E-state index in [9.17, 15) is 18.0 Å². The van der Waals surface area contributed by atoms with E-state index in [1.54, 1.807) is 49.4 Å². The molecule has 1 N–H and O–H groups in total. The van der Waals surface area contributed by atoms with Crippen molar-refractivity contribution in [3.05, 3.63) is 95.0 Å². The van der Waals surface area contributed by atoms with Gasteiger partial charge >= 0.3 is 0 Å². The number of nitrogens with one attached hydrogen (secondary N) is 1. The molecule has 0 saturated carbocycles. The molecule has 38 heavy (non-hydrogen) atoms. The summed E-state index contributed by atoms with van der Waals surface area (Å²) in [6.07, 6.45) is 0.740. The predicted molar refractivity (Wildman–Crippen MR) is 152 cm³/mol. The van der Waals surface area contributed by atoms with Gasteiger partial charge in [-0.3, -0.25) is 13.9 Å². The number of carbonyl (C=O) groups is 2. The van der Waals surface area contributed by atoms with E-state index in [0.29, 0.717) is 10.7 Å². The SMILES string of the molecule is CC[C@H](C)NC(=O)[C@@H](C)N(Cc1ccccc1C)C(=O)CN(c1ccc(Cl)cc1)S(=O)(=O)c1ccccc1. The van der Waals surface area contributed by atoms with Crippen LogP contribution in [0.4, 0.5) is 5.69 Å². The number of benzene rings is 3. The number of rotatable bonds is 11. The minimum Gasteiger partial charge on any atom is -0.352 e. The molecule has 202 valence electrons. The van der Waals surface area contributed by atoms with Gasteiger partial charge < -0.3 is 10.2 Å². The van der Waals surface area contributed by atoms with Crippen LogP contribution in [0.1, 0.15) is 38.3 Å². The van der Waals surface area contributed by atoms with Crippen molar-refractivity contribution in [3.63, 3.8) is 0 Å². The quantitative estimate of drug-likeness (QED) is 0.353. The minimum absolute atomic E-state index is 0.0516. The maximum absolute atomic E-state index is 13.9. The summed E-state index contributed by atoms with van der Waals surface area (Å²) >= 11 is 6.05. The van der Waals surface area contributed by atoms with Crippen LogP contribution in [0.2, 0.25) is 5.02 Å². The molecule has 2 amide bonds. The third-order valence-corrected chi connectivity index (χ3v) is 8.54. The smallest absolute Gasteiger partial charge is 0.264 e. The molecule has 0 fully saturated rings. The highest BCUT2D eigenvalue weighted by atomic mass is 35.5. The second-order valence-electron chi connectivity index (χ2n) is 9.24. The second-order valence-corrected chi connectivity index (χ2v) is 11.5. The van der Waals surface area contributed by atoms with Crippen LogP contribution in [-0.2, 0) is 26.2 Å². The molecule has 3 aromatic carbocycles.